The monoisotopic (exact) mass is 373 g/mol. The summed E-state index contributed by atoms with van der Waals surface area (Å²) >= 11 is 7.67. The lowest BCUT2D eigenvalue weighted by atomic mass is 9.93. The molecule has 0 bridgehead atoms. The molecular formula is C19H20ClN3OS. The third-order valence-electron chi connectivity index (χ3n) is 5.21. The first-order chi connectivity index (χ1) is 11.9. The van der Waals surface area contributed by atoms with E-state index in [9.17, 15) is 4.79 Å². The van der Waals surface area contributed by atoms with Gasteiger partial charge in [0.2, 0.25) is 5.91 Å². The SMILES string of the molecule is CC1(C)CC1(C(=O)NCCc1nc2ccc(Cl)cc2[nH]1)c1cccs1. The molecule has 1 aliphatic carbocycles. The van der Waals surface area contributed by atoms with Gasteiger partial charge < -0.3 is 10.3 Å². The van der Waals surface area contributed by atoms with Gasteiger partial charge in [0.1, 0.15) is 5.82 Å². The number of amides is 1. The summed E-state index contributed by atoms with van der Waals surface area (Å²) < 4.78 is 0. The topological polar surface area (TPSA) is 57.8 Å². The molecule has 6 heteroatoms. The molecule has 2 N–H and O–H groups in total. The zero-order chi connectivity index (χ0) is 17.7. The number of nitrogens with one attached hydrogen (secondary N) is 2. The Balaban J connectivity index is 1.43. The van der Waals surface area contributed by atoms with Gasteiger partial charge in [0, 0.05) is 22.9 Å². The van der Waals surface area contributed by atoms with Crippen molar-refractivity contribution in [2.24, 2.45) is 5.41 Å². The molecule has 4 rings (SSSR count). The highest BCUT2D eigenvalue weighted by atomic mass is 35.5. The van der Waals surface area contributed by atoms with Crippen LogP contribution in [-0.2, 0) is 16.6 Å². The van der Waals surface area contributed by atoms with Gasteiger partial charge in [-0.1, -0.05) is 31.5 Å². The number of hydrogen-bond donors (Lipinski definition) is 2. The van der Waals surface area contributed by atoms with Gasteiger partial charge >= 0.3 is 0 Å². The number of hydrogen-bond acceptors (Lipinski definition) is 3. The van der Waals surface area contributed by atoms with Crippen LogP contribution in [-0.4, -0.2) is 22.4 Å². The minimum atomic E-state index is -0.372. The Bertz CT molecular complexity index is 931. The van der Waals surface area contributed by atoms with E-state index in [4.69, 9.17) is 11.6 Å². The number of carbonyl (C=O) groups excluding carboxylic acids is 1. The normalized spacial score (nSPS) is 21.4. The standard InChI is InChI=1S/C19H20ClN3OS/c1-18(2)11-19(18,15-4-3-9-25-15)17(24)21-8-7-16-22-13-6-5-12(20)10-14(13)23-16/h3-6,9-10H,7-8,11H2,1-2H3,(H,21,24)(H,22,23). The first-order valence-electron chi connectivity index (χ1n) is 8.39. The summed E-state index contributed by atoms with van der Waals surface area (Å²) in [6, 6.07) is 9.68. The summed E-state index contributed by atoms with van der Waals surface area (Å²) in [5.74, 6) is 0.983. The lowest BCUT2D eigenvalue weighted by Gasteiger charge is -2.18. The molecule has 130 valence electrons. The molecule has 1 aliphatic rings. The van der Waals surface area contributed by atoms with Crippen molar-refractivity contribution in [1.29, 1.82) is 0 Å². The fourth-order valence-electron chi connectivity index (χ4n) is 3.66. The predicted octanol–water partition coefficient (Wildman–Crippen LogP) is 4.30. The van der Waals surface area contributed by atoms with Gasteiger partial charge in [-0.05, 0) is 41.5 Å². The van der Waals surface area contributed by atoms with Crippen molar-refractivity contribution in [3.05, 3.63) is 51.4 Å². The first kappa shape index (κ1) is 16.6. The van der Waals surface area contributed by atoms with Crippen LogP contribution in [0.2, 0.25) is 5.02 Å². The Kier molecular flexibility index (Phi) is 3.89. The largest absolute Gasteiger partial charge is 0.355 e. The summed E-state index contributed by atoms with van der Waals surface area (Å²) in [5.41, 5.74) is 1.46. The van der Waals surface area contributed by atoms with E-state index in [-0.39, 0.29) is 16.7 Å². The molecule has 1 saturated carbocycles. The molecule has 2 heterocycles. The molecule has 0 saturated heterocycles. The summed E-state index contributed by atoms with van der Waals surface area (Å²) in [4.78, 5) is 21.9. The van der Waals surface area contributed by atoms with Crippen LogP contribution in [0, 0.1) is 5.41 Å². The molecule has 0 radical (unpaired) electrons. The fourth-order valence-corrected chi connectivity index (χ4v) is 4.93. The van der Waals surface area contributed by atoms with Crippen molar-refractivity contribution in [3.63, 3.8) is 0 Å². The Morgan fingerprint density at radius 1 is 1.40 bits per heavy atom. The third-order valence-corrected chi connectivity index (χ3v) is 6.47. The van der Waals surface area contributed by atoms with Crippen LogP contribution >= 0.6 is 22.9 Å². The smallest absolute Gasteiger partial charge is 0.232 e. The van der Waals surface area contributed by atoms with Crippen molar-refractivity contribution in [2.45, 2.75) is 32.1 Å². The Morgan fingerprint density at radius 2 is 2.20 bits per heavy atom. The average Bonchev–Trinajstić information content (AvgIpc) is 2.96. The molecule has 1 atom stereocenters. The molecule has 0 spiro atoms. The van der Waals surface area contributed by atoms with E-state index in [1.165, 1.54) is 0 Å². The molecule has 3 aromatic rings. The second kappa shape index (κ2) is 5.85. The van der Waals surface area contributed by atoms with Crippen molar-refractivity contribution in [3.8, 4) is 0 Å². The second-order valence-corrected chi connectivity index (χ2v) is 8.68. The molecule has 1 amide bonds. The highest BCUT2D eigenvalue weighted by molar-refractivity contribution is 7.10. The number of carbonyl (C=O) groups is 1. The average molecular weight is 374 g/mol. The zero-order valence-corrected chi connectivity index (χ0v) is 15.8. The number of imidazole rings is 1. The summed E-state index contributed by atoms with van der Waals surface area (Å²) in [6.45, 7) is 4.89. The van der Waals surface area contributed by atoms with Crippen LogP contribution in [0.15, 0.2) is 35.7 Å². The Labute approximate surface area is 155 Å². The molecule has 2 aromatic heterocycles. The number of rotatable bonds is 5. The lowest BCUT2D eigenvalue weighted by molar-refractivity contribution is -0.124. The number of thiophene rings is 1. The number of benzene rings is 1. The quantitative estimate of drug-likeness (QED) is 0.700. The number of H-pyrrole nitrogens is 1. The van der Waals surface area contributed by atoms with Crippen LogP contribution in [0.1, 0.15) is 31.0 Å². The Morgan fingerprint density at radius 3 is 2.88 bits per heavy atom. The number of halogens is 1. The summed E-state index contributed by atoms with van der Waals surface area (Å²) in [5, 5.41) is 5.84. The van der Waals surface area contributed by atoms with Crippen molar-refractivity contribution >= 4 is 39.9 Å². The van der Waals surface area contributed by atoms with E-state index < -0.39 is 0 Å². The van der Waals surface area contributed by atoms with Gasteiger partial charge in [-0.2, -0.15) is 0 Å². The van der Waals surface area contributed by atoms with Crippen LogP contribution in [0.25, 0.3) is 11.0 Å². The van der Waals surface area contributed by atoms with Crippen LogP contribution in [0.5, 0.6) is 0 Å². The predicted molar refractivity (Wildman–Crippen MR) is 102 cm³/mol. The van der Waals surface area contributed by atoms with Gasteiger partial charge in [-0.25, -0.2) is 4.98 Å². The number of aromatic amines is 1. The Hall–Kier alpha value is -1.85. The maximum absolute atomic E-state index is 12.9. The number of aromatic nitrogens is 2. The van der Waals surface area contributed by atoms with Crippen LogP contribution < -0.4 is 5.32 Å². The molecule has 1 unspecified atom stereocenters. The van der Waals surface area contributed by atoms with Gasteiger partial charge in [-0.15, -0.1) is 11.3 Å². The van der Waals surface area contributed by atoms with Crippen molar-refractivity contribution in [1.82, 2.24) is 15.3 Å². The van der Waals surface area contributed by atoms with Gasteiger partial charge in [0.05, 0.1) is 16.4 Å². The molecule has 4 nitrogen and oxygen atoms in total. The number of nitrogens with zero attached hydrogens (tertiary/aromatic N) is 1. The summed E-state index contributed by atoms with van der Waals surface area (Å²) in [7, 11) is 0. The molecular weight excluding hydrogens is 354 g/mol. The van der Waals surface area contributed by atoms with E-state index in [1.807, 2.05) is 29.6 Å². The minimum Gasteiger partial charge on any atom is -0.355 e. The highest BCUT2D eigenvalue weighted by Crippen LogP contribution is 2.65. The third kappa shape index (κ3) is 2.75. The lowest BCUT2D eigenvalue weighted by Crippen LogP contribution is -2.38. The highest BCUT2D eigenvalue weighted by Gasteiger charge is 2.67. The summed E-state index contributed by atoms with van der Waals surface area (Å²) in [6.07, 6.45) is 1.56. The zero-order valence-electron chi connectivity index (χ0n) is 14.2. The molecule has 0 aliphatic heterocycles. The molecule has 25 heavy (non-hydrogen) atoms. The van der Waals surface area contributed by atoms with Crippen LogP contribution in [0.4, 0.5) is 0 Å². The van der Waals surface area contributed by atoms with E-state index in [1.54, 1.807) is 11.3 Å². The van der Waals surface area contributed by atoms with Gasteiger partial charge in [-0.3, -0.25) is 4.79 Å². The van der Waals surface area contributed by atoms with E-state index in [0.717, 1.165) is 28.2 Å². The second-order valence-electron chi connectivity index (χ2n) is 7.29. The molecule has 1 fully saturated rings. The van der Waals surface area contributed by atoms with Crippen LogP contribution in [0.3, 0.4) is 0 Å². The van der Waals surface area contributed by atoms with Gasteiger partial charge in [0.15, 0.2) is 0 Å². The van der Waals surface area contributed by atoms with E-state index in [0.29, 0.717) is 18.0 Å². The molecule has 1 aromatic carbocycles. The fraction of sp³-hybridized carbons (Fsp3) is 0.368. The van der Waals surface area contributed by atoms with Crippen molar-refractivity contribution in [2.75, 3.05) is 6.54 Å². The minimum absolute atomic E-state index is 0.0120. The van der Waals surface area contributed by atoms with E-state index in [2.05, 4.69) is 35.2 Å². The maximum Gasteiger partial charge on any atom is 0.232 e. The maximum atomic E-state index is 12.9. The number of fused-ring (bicyclic) bond motifs is 1. The van der Waals surface area contributed by atoms with Crippen molar-refractivity contribution < 1.29 is 4.79 Å². The first-order valence-corrected chi connectivity index (χ1v) is 9.65. The van der Waals surface area contributed by atoms with Gasteiger partial charge in [0.25, 0.3) is 0 Å². The van der Waals surface area contributed by atoms with E-state index >= 15 is 0 Å².